The molecule has 2 aromatic rings. The Bertz CT molecular complexity index is 1230. The minimum Gasteiger partial charge on any atom is -0.488 e. The Balaban J connectivity index is 1.96. The van der Waals surface area contributed by atoms with Crippen LogP contribution >= 0.6 is 35.6 Å². The van der Waals surface area contributed by atoms with Crippen LogP contribution in [0.1, 0.15) is 17.5 Å². The van der Waals surface area contributed by atoms with Crippen LogP contribution in [-0.4, -0.2) is 48.2 Å². The number of nitrogens with zero attached hydrogens (tertiary/aromatic N) is 2. The van der Waals surface area contributed by atoms with Crippen molar-refractivity contribution in [1.82, 2.24) is 4.90 Å². The summed E-state index contributed by atoms with van der Waals surface area (Å²) < 4.78 is 5.64. The van der Waals surface area contributed by atoms with Gasteiger partial charge in [-0.1, -0.05) is 53.8 Å². The molecule has 1 fully saturated rings. The van der Waals surface area contributed by atoms with E-state index in [1.165, 1.54) is 24.3 Å². The zero-order chi connectivity index (χ0) is 25.0. The fraction of sp³-hybridized carbons (Fsp3) is 0.143. The molecule has 3 rings (SSSR count). The lowest BCUT2D eigenvalue weighted by atomic mass is 10.1. The number of nitro groups is 1. The number of benzene rings is 2. The summed E-state index contributed by atoms with van der Waals surface area (Å²) in [6.07, 6.45) is 0.436. The highest BCUT2D eigenvalue weighted by molar-refractivity contribution is 8.26. The summed E-state index contributed by atoms with van der Waals surface area (Å²) in [5, 5.41) is 30.1. The molecule has 1 aliphatic heterocycles. The SMILES string of the molecule is O=C(O)C[C@H](C(=O)O)N1C(=O)/C(=C/c2cc([N+](=O)[O-])ccc2OCc2ccccc2Cl)SC1=S. The predicted molar refractivity (Wildman–Crippen MR) is 128 cm³/mol. The van der Waals surface area contributed by atoms with Crippen LogP contribution in [0, 0.1) is 10.1 Å². The smallest absolute Gasteiger partial charge is 0.327 e. The number of hydrogen-bond acceptors (Lipinski definition) is 8. The molecule has 34 heavy (non-hydrogen) atoms. The number of halogens is 1. The van der Waals surface area contributed by atoms with E-state index in [0.29, 0.717) is 15.5 Å². The Kier molecular flexibility index (Phi) is 7.87. The second kappa shape index (κ2) is 10.6. The lowest BCUT2D eigenvalue weighted by molar-refractivity contribution is -0.384. The standard InChI is InChI=1S/C21H15ClN2O8S2/c22-14-4-2-1-3-11(14)10-32-16-6-5-13(24(30)31)7-12(16)8-17-19(27)23(21(33)34-17)15(20(28)29)9-18(25)26/h1-8,15H,9-10H2,(H,25,26)(H,28,29)/b17-8-/t15-/m1/s1. The Morgan fingerprint density at radius 1 is 1.26 bits per heavy atom. The second-order valence-electron chi connectivity index (χ2n) is 6.86. The molecular weight excluding hydrogens is 508 g/mol. The van der Waals surface area contributed by atoms with E-state index < -0.39 is 35.2 Å². The molecule has 0 unspecified atom stereocenters. The van der Waals surface area contributed by atoms with E-state index in [0.717, 1.165) is 11.8 Å². The first kappa shape index (κ1) is 25.1. The summed E-state index contributed by atoms with van der Waals surface area (Å²) in [4.78, 5) is 46.8. The highest BCUT2D eigenvalue weighted by Gasteiger charge is 2.41. The normalized spacial score (nSPS) is 15.4. The summed E-state index contributed by atoms with van der Waals surface area (Å²) in [6.45, 7) is 0.0407. The van der Waals surface area contributed by atoms with Gasteiger partial charge in [0, 0.05) is 28.3 Å². The average molecular weight is 523 g/mol. The number of ether oxygens (including phenoxy) is 1. The van der Waals surface area contributed by atoms with Gasteiger partial charge in [-0.15, -0.1) is 0 Å². The molecule has 1 amide bonds. The molecule has 0 aromatic heterocycles. The Morgan fingerprint density at radius 2 is 1.97 bits per heavy atom. The van der Waals surface area contributed by atoms with E-state index in [-0.39, 0.29) is 32.8 Å². The monoisotopic (exact) mass is 522 g/mol. The van der Waals surface area contributed by atoms with E-state index in [1.807, 2.05) is 0 Å². The fourth-order valence-electron chi connectivity index (χ4n) is 3.01. The van der Waals surface area contributed by atoms with Crippen LogP contribution < -0.4 is 4.74 Å². The van der Waals surface area contributed by atoms with Gasteiger partial charge in [0.25, 0.3) is 11.6 Å². The lowest BCUT2D eigenvalue weighted by Crippen LogP contribution is -2.45. The maximum Gasteiger partial charge on any atom is 0.327 e. The van der Waals surface area contributed by atoms with Crippen LogP contribution in [0.3, 0.4) is 0 Å². The number of amides is 1. The first-order chi connectivity index (χ1) is 16.1. The first-order valence-corrected chi connectivity index (χ1v) is 11.0. The molecule has 0 radical (unpaired) electrons. The largest absolute Gasteiger partial charge is 0.488 e. The third-order valence-corrected chi connectivity index (χ3v) is 6.32. The number of thioether (sulfide) groups is 1. The summed E-state index contributed by atoms with van der Waals surface area (Å²) in [5.41, 5.74) is 0.575. The third kappa shape index (κ3) is 5.71. The molecule has 13 heteroatoms. The first-order valence-electron chi connectivity index (χ1n) is 9.44. The van der Waals surface area contributed by atoms with Gasteiger partial charge in [0.2, 0.25) is 0 Å². The van der Waals surface area contributed by atoms with Crippen molar-refractivity contribution in [3.8, 4) is 5.75 Å². The number of carbonyl (C=O) groups excluding carboxylic acids is 1. The third-order valence-electron chi connectivity index (χ3n) is 4.62. The molecular formula is C21H15ClN2O8S2. The molecule has 0 aliphatic carbocycles. The molecule has 1 heterocycles. The number of carboxylic acids is 2. The van der Waals surface area contributed by atoms with E-state index in [4.69, 9.17) is 33.7 Å². The minimum atomic E-state index is -1.70. The zero-order valence-electron chi connectivity index (χ0n) is 17.0. The fourth-order valence-corrected chi connectivity index (χ4v) is 4.55. The van der Waals surface area contributed by atoms with Crippen LogP contribution in [0.25, 0.3) is 6.08 Å². The number of carboxylic acid groups (broad SMARTS) is 2. The van der Waals surface area contributed by atoms with Gasteiger partial charge in [0.1, 0.15) is 22.7 Å². The number of aliphatic carboxylic acids is 2. The topological polar surface area (TPSA) is 147 Å². The van der Waals surface area contributed by atoms with Gasteiger partial charge in [-0.3, -0.25) is 24.6 Å². The van der Waals surface area contributed by atoms with Crippen LogP contribution in [0.4, 0.5) is 5.69 Å². The van der Waals surface area contributed by atoms with Crippen LogP contribution in [0.2, 0.25) is 5.02 Å². The Morgan fingerprint density at radius 3 is 2.59 bits per heavy atom. The Hall–Kier alpha value is -3.48. The molecule has 1 atom stereocenters. The number of hydrogen-bond donors (Lipinski definition) is 2. The van der Waals surface area contributed by atoms with E-state index in [9.17, 15) is 29.6 Å². The number of rotatable bonds is 9. The van der Waals surface area contributed by atoms with Gasteiger partial charge in [0.15, 0.2) is 0 Å². The lowest BCUT2D eigenvalue weighted by Gasteiger charge is -2.21. The van der Waals surface area contributed by atoms with Crippen LogP contribution in [-0.2, 0) is 21.0 Å². The van der Waals surface area contributed by atoms with Crippen molar-refractivity contribution in [2.24, 2.45) is 0 Å². The summed E-state index contributed by atoms with van der Waals surface area (Å²) >= 11 is 12.0. The second-order valence-corrected chi connectivity index (χ2v) is 8.95. The number of carbonyl (C=O) groups is 3. The van der Waals surface area contributed by atoms with Crippen molar-refractivity contribution >= 4 is 69.5 Å². The van der Waals surface area contributed by atoms with Crippen molar-refractivity contribution in [3.05, 3.63) is 73.6 Å². The quantitative estimate of drug-likeness (QED) is 0.214. The summed E-state index contributed by atoms with van der Waals surface area (Å²) in [7, 11) is 0. The van der Waals surface area contributed by atoms with E-state index >= 15 is 0 Å². The van der Waals surface area contributed by atoms with E-state index in [1.54, 1.807) is 24.3 Å². The molecule has 10 nitrogen and oxygen atoms in total. The van der Waals surface area contributed by atoms with Crippen molar-refractivity contribution in [1.29, 1.82) is 0 Å². The number of thiocarbonyl (C=S) groups is 1. The number of nitro benzene ring substituents is 1. The van der Waals surface area contributed by atoms with Gasteiger partial charge in [-0.05, 0) is 18.2 Å². The highest BCUT2D eigenvalue weighted by atomic mass is 35.5. The summed E-state index contributed by atoms with van der Waals surface area (Å²) in [6, 6.07) is 9.04. The van der Waals surface area contributed by atoms with Crippen LogP contribution in [0.5, 0.6) is 5.75 Å². The molecule has 0 spiro atoms. The predicted octanol–water partition coefficient (Wildman–Crippen LogP) is 3.96. The van der Waals surface area contributed by atoms with Gasteiger partial charge in [-0.25, -0.2) is 4.79 Å². The molecule has 2 N–H and O–H groups in total. The molecule has 2 aromatic carbocycles. The molecule has 0 saturated carbocycles. The Labute approximate surface area is 206 Å². The van der Waals surface area contributed by atoms with Gasteiger partial charge >= 0.3 is 11.9 Å². The molecule has 1 aliphatic rings. The molecule has 176 valence electrons. The molecule has 0 bridgehead atoms. The maximum atomic E-state index is 12.9. The zero-order valence-corrected chi connectivity index (χ0v) is 19.4. The van der Waals surface area contributed by atoms with Gasteiger partial charge in [-0.2, -0.15) is 0 Å². The number of non-ortho nitro benzene ring substituents is 1. The van der Waals surface area contributed by atoms with E-state index in [2.05, 4.69) is 0 Å². The van der Waals surface area contributed by atoms with Crippen LogP contribution in [0.15, 0.2) is 47.4 Å². The highest BCUT2D eigenvalue weighted by Crippen LogP contribution is 2.37. The van der Waals surface area contributed by atoms with Crippen molar-refractivity contribution in [2.75, 3.05) is 0 Å². The van der Waals surface area contributed by atoms with Gasteiger partial charge in [0.05, 0.1) is 16.2 Å². The van der Waals surface area contributed by atoms with Crippen molar-refractivity contribution in [2.45, 2.75) is 19.1 Å². The van der Waals surface area contributed by atoms with Crippen molar-refractivity contribution in [3.63, 3.8) is 0 Å². The maximum absolute atomic E-state index is 12.9. The molecule has 1 saturated heterocycles. The van der Waals surface area contributed by atoms with Crippen molar-refractivity contribution < 1.29 is 34.3 Å². The summed E-state index contributed by atoms with van der Waals surface area (Å²) in [5.74, 6) is -3.57. The minimum absolute atomic E-state index is 0.0373. The average Bonchev–Trinajstić information content (AvgIpc) is 3.04. The van der Waals surface area contributed by atoms with Gasteiger partial charge < -0.3 is 14.9 Å².